The molecular formula is C10H9F2IO. The topological polar surface area (TPSA) is 9.23 Å². The van der Waals surface area contributed by atoms with Crippen LogP contribution in [0, 0.1) is 15.2 Å². The number of hydrogen-bond donors (Lipinski definition) is 0. The van der Waals surface area contributed by atoms with Crippen molar-refractivity contribution in [3.8, 4) is 5.75 Å². The molecule has 0 saturated heterocycles. The van der Waals surface area contributed by atoms with Crippen LogP contribution in [0.4, 0.5) is 8.78 Å². The van der Waals surface area contributed by atoms with E-state index in [0.29, 0.717) is 3.57 Å². The van der Waals surface area contributed by atoms with Crippen molar-refractivity contribution in [2.24, 2.45) is 0 Å². The highest BCUT2D eigenvalue weighted by Gasteiger charge is 2.24. The van der Waals surface area contributed by atoms with Gasteiger partial charge < -0.3 is 4.74 Å². The molecule has 1 heterocycles. The average molecular weight is 310 g/mol. The van der Waals surface area contributed by atoms with Crippen LogP contribution in [-0.2, 0) is 6.42 Å². The molecule has 0 N–H and O–H groups in total. The second-order valence-electron chi connectivity index (χ2n) is 3.44. The Morgan fingerprint density at radius 2 is 2.14 bits per heavy atom. The SMILES string of the molecule is CC1CCc2cc(I)c(F)c(F)c2O1. The highest BCUT2D eigenvalue weighted by molar-refractivity contribution is 14.1. The molecule has 0 fully saturated rings. The molecule has 0 aromatic heterocycles. The molecule has 1 atom stereocenters. The lowest BCUT2D eigenvalue weighted by Crippen LogP contribution is -2.20. The second kappa shape index (κ2) is 3.64. The summed E-state index contributed by atoms with van der Waals surface area (Å²) >= 11 is 1.79. The van der Waals surface area contributed by atoms with Gasteiger partial charge in [0.15, 0.2) is 11.6 Å². The van der Waals surface area contributed by atoms with E-state index < -0.39 is 11.6 Å². The monoisotopic (exact) mass is 310 g/mol. The highest BCUT2D eigenvalue weighted by Crippen LogP contribution is 2.33. The maximum Gasteiger partial charge on any atom is 0.202 e. The van der Waals surface area contributed by atoms with Crippen LogP contribution in [0.1, 0.15) is 18.9 Å². The first-order chi connectivity index (χ1) is 6.59. The van der Waals surface area contributed by atoms with E-state index in [4.69, 9.17) is 4.74 Å². The van der Waals surface area contributed by atoms with Crippen molar-refractivity contribution < 1.29 is 13.5 Å². The lowest BCUT2D eigenvalue weighted by molar-refractivity contribution is 0.180. The summed E-state index contributed by atoms with van der Waals surface area (Å²) in [6.45, 7) is 1.86. The summed E-state index contributed by atoms with van der Waals surface area (Å²) < 4.78 is 32.2. The molecule has 2 rings (SSSR count). The molecule has 0 radical (unpaired) electrons. The zero-order valence-corrected chi connectivity index (χ0v) is 9.77. The summed E-state index contributed by atoms with van der Waals surface area (Å²) in [7, 11) is 0. The van der Waals surface area contributed by atoms with E-state index in [1.807, 2.05) is 6.92 Å². The Kier molecular flexibility index (Phi) is 2.64. The predicted octanol–water partition coefficient (Wildman–Crippen LogP) is 3.28. The Balaban J connectivity index is 2.55. The van der Waals surface area contributed by atoms with Gasteiger partial charge in [-0.3, -0.25) is 0 Å². The fourth-order valence-corrected chi connectivity index (χ4v) is 2.17. The van der Waals surface area contributed by atoms with Crippen molar-refractivity contribution in [1.29, 1.82) is 0 Å². The zero-order valence-electron chi connectivity index (χ0n) is 7.61. The van der Waals surface area contributed by atoms with Gasteiger partial charge in [-0.05, 0) is 54.0 Å². The van der Waals surface area contributed by atoms with Crippen molar-refractivity contribution in [3.05, 3.63) is 26.8 Å². The number of fused-ring (bicyclic) bond motifs is 1. The molecule has 1 unspecified atom stereocenters. The summed E-state index contributed by atoms with van der Waals surface area (Å²) in [6.07, 6.45) is 1.58. The van der Waals surface area contributed by atoms with Crippen molar-refractivity contribution in [3.63, 3.8) is 0 Å². The number of halogens is 3. The molecule has 1 aromatic carbocycles. The van der Waals surface area contributed by atoms with Crippen LogP contribution in [0.15, 0.2) is 6.07 Å². The number of aryl methyl sites for hydroxylation is 1. The van der Waals surface area contributed by atoms with Crippen LogP contribution in [0.3, 0.4) is 0 Å². The number of hydrogen-bond acceptors (Lipinski definition) is 1. The smallest absolute Gasteiger partial charge is 0.202 e. The fraction of sp³-hybridized carbons (Fsp3) is 0.400. The van der Waals surface area contributed by atoms with Crippen molar-refractivity contribution in [2.45, 2.75) is 25.9 Å². The number of benzene rings is 1. The van der Waals surface area contributed by atoms with Crippen LogP contribution in [0.2, 0.25) is 0 Å². The van der Waals surface area contributed by atoms with E-state index in [-0.39, 0.29) is 11.9 Å². The maximum atomic E-state index is 13.4. The third-order valence-electron chi connectivity index (χ3n) is 2.33. The molecule has 0 bridgehead atoms. The minimum absolute atomic E-state index is 0.0311. The molecule has 4 heteroatoms. The van der Waals surface area contributed by atoms with Gasteiger partial charge >= 0.3 is 0 Å². The predicted molar refractivity (Wildman–Crippen MR) is 57.5 cm³/mol. The van der Waals surface area contributed by atoms with Gasteiger partial charge in [0, 0.05) is 0 Å². The van der Waals surface area contributed by atoms with Gasteiger partial charge in [-0.25, -0.2) is 4.39 Å². The second-order valence-corrected chi connectivity index (χ2v) is 4.60. The Bertz CT molecular complexity index is 379. The molecule has 1 aromatic rings. The summed E-state index contributed by atoms with van der Waals surface area (Å²) in [6, 6.07) is 1.65. The lowest BCUT2D eigenvalue weighted by atomic mass is 10.0. The van der Waals surface area contributed by atoms with E-state index in [9.17, 15) is 8.78 Å². The van der Waals surface area contributed by atoms with Crippen molar-refractivity contribution in [1.82, 2.24) is 0 Å². The van der Waals surface area contributed by atoms with Crippen LogP contribution >= 0.6 is 22.6 Å². The summed E-state index contributed by atoms with van der Waals surface area (Å²) in [4.78, 5) is 0. The average Bonchev–Trinajstić information content (AvgIpc) is 2.16. The molecule has 1 nitrogen and oxygen atoms in total. The van der Waals surface area contributed by atoms with Gasteiger partial charge in [-0.1, -0.05) is 0 Å². The van der Waals surface area contributed by atoms with Gasteiger partial charge in [0.1, 0.15) is 0 Å². The quantitative estimate of drug-likeness (QED) is 0.528. The van der Waals surface area contributed by atoms with Crippen LogP contribution in [-0.4, -0.2) is 6.10 Å². The third kappa shape index (κ3) is 1.60. The van der Waals surface area contributed by atoms with Crippen LogP contribution < -0.4 is 4.74 Å². The molecular weight excluding hydrogens is 301 g/mol. The Morgan fingerprint density at radius 1 is 1.43 bits per heavy atom. The standard InChI is InChI=1S/C10H9F2IO/c1-5-2-3-6-4-7(13)8(11)9(12)10(6)14-5/h4-5H,2-3H2,1H3. The van der Waals surface area contributed by atoms with E-state index in [2.05, 4.69) is 0 Å². The lowest BCUT2D eigenvalue weighted by Gasteiger charge is -2.23. The van der Waals surface area contributed by atoms with Crippen molar-refractivity contribution >= 4 is 22.6 Å². The Labute approximate surface area is 94.6 Å². The molecule has 1 aliphatic heterocycles. The van der Waals surface area contributed by atoms with Gasteiger partial charge in [-0.15, -0.1) is 0 Å². The Morgan fingerprint density at radius 3 is 2.86 bits per heavy atom. The first-order valence-electron chi connectivity index (χ1n) is 4.42. The zero-order chi connectivity index (χ0) is 10.3. The first-order valence-corrected chi connectivity index (χ1v) is 5.50. The molecule has 1 aliphatic rings. The van der Waals surface area contributed by atoms with Crippen LogP contribution in [0.5, 0.6) is 5.75 Å². The minimum Gasteiger partial charge on any atom is -0.487 e. The Hall–Kier alpha value is -0.390. The summed E-state index contributed by atoms with van der Waals surface area (Å²) in [5, 5.41) is 0. The normalized spacial score (nSPS) is 20.1. The van der Waals surface area contributed by atoms with E-state index >= 15 is 0 Å². The molecule has 76 valence electrons. The summed E-state index contributed by atoms with van der Waals surface area (Å²) in [5.41, 5.74) is 0.770. The minimum atomic E-state index is -0.849. The number of rotatable bonds is 0. The highest BCUT2D eigenvalue weighted by atomic mass is 127. The largest absolute Gasteiger partial charge is 0.487 e. The van der Waals surface area contributed by atoms with E-state index in [1.54, 1.807) is 28.7 Å². The number of ether oxygens (including phenoxy) is 1. The van der Waals surface area contributed by atoms with Crippen molar-refractivity contribution in [2.75, 3.05) is 0 Å². The molecule has 0 spiro atoms. The molecule has 0 saturated carbocycles. The van der Waals surface area contributed by atoms with Gasteiger partial charge in [0.25, 0.3) is 0 Å². The van der Waals surface area contributed by atoms with Gasteiger partial charge in [0.2, 0.25) is 5.82 Å². The molecule has 0 aliphatic carbocycles. The summed E-state index contributed by atoms with van der Waals surface area (Å²) in [5.74, 6) is -1.56. The van der Waals surface area contributed by atoms with Crippen LogP contribution in [0.25, 0.3) is 0 Å². The van der Waals surface area contributed by atoms with Gasteiger partial charge in [-0.2, -0.15) is 4.39 Å². The molecule has 0 amide bonds. The fourth-order valence-electron chi connectivity index (χ4n) is 1.56. The van der Waals surface area contributed by atoms with Gasteiger partial charge in [0.05, 0.1) is 9.67 Å². The third-order valence-corrected chi connectivity index (χ3v) is 3.12. The van der Waals surface area contributed by atoms with E-state index in [0.717, 1.165) is 18.4 Å². The molecule has 14 heavy (non-hydrogen) atoms. The first kappa shape index (κ1) is 10.1. The van der Waals surface area contributed by atoms with E-state index in [1.165, 1.54) is 0 Å². The maximum absolute atomic E-state index is 13.4.